The maximum Gasteiger partial charge on any atom is 0.00450 e. The van der Waals surface area contributed by atoms with E-state index in [-0.39, 0.29) is 0 Å². The standard InChI is InChI=1S/C11H24N2/c1-9(2)4-5-13(3)8-10-6-11(12)7-10/h9-11H,4-8,12H2,1-3H3. The number of hydrogen-bond acceptors (Lipinski definition) is 2. The predicted molar refractivity (Wildman–Crippen MR) is 57.7 cm³/mol. The van der Waals surface area contributed by atoms with Crippen LogP contribution in [0.5, 0.6) is 0 Å². The molecule has 1 aliphatic carbocycles. The van der Waals surface area contributed by atoms with Crippen molar-refractivity contribution >= 4 is 0 Å². The zero-order chi connectivity index (χ0) is 9.84. The number of rotatable bonds is 5. The summed E-state index contributed by atoms with van der Waals surface area (Å²) in [6.45, 7) is 7.06. The molecule has 1 fully saturated rings. The highest BCUT2D eigenvalue weighted by atomic mass is 15.1. The molecule has 2 nitrogen and oxygen atoms in total. The summed E-state index contributed by atoms with van der Waals surface area (Å²) in [4.78, 5) is 2.45. The van der Waals surface area contributed by atoms with E-state index < -0.39 is 0 Å². The second-order valence-electron chi connectivity index (χ2n) is 5.04. The van der Waals surface area contributed by atoms with E-state index in [0.717, 1.165) is 11.8 Å². The normalized spacial score (nSPS) is 28.2. The Hall–Kier alpha value is -0.0800. The van der Waals surface area contributed by atoms with Gasteiger partial charge in [0.25, 0.3) is 0 Å². The van der Waals surface area contributed by atoms with Crippen molar-refractivity contribution in [3.05, 3.63) is 0 Å². The molecule has 1 rings (SSSR count). The Morgan fingerprint density at radius 2 is 2.00 bits per heavy atom. The van der Waals surface area contributed by atoms with Gasteiger partial charge in [0, 0.05) is 12.6 Å². The first-order chi connectivity index (χ1) is 6.08. The van der Waals surface area contributed by atoms with Gasteiger partial charge in [-0.15, -0.1) is 0 Å². The van der Waals surface area contributed by atoms with Crippen LogP contribution in [0.15, 0.2) is 0 Å². The van der Waals surface area contributed by atoms with Crippen molar-refractivity contribution < 1.29 is 0 Å². The van der Waals surface area contributed by atoms with E-state index in [0.29, 0.717) is 6.04 Å². The Balaban J connectivity index is 2.01. The first-order valence-electron chi connectivity index (χ1n) is 5.52. The lowest BCUT2D eigenvalue weighted by Crippen LogP contribution is -2.42. The van der Waals surface area contributed by atoms with Crippen LogP contribution in [0.4, 0.5) is 0 Å². The van der Waals surface area contributed by atoms with Gasteiger partial charge in [-0.1, -0.05) is 13.8 Å². The molecular formula is C11H24N2. The average molecular weight is 184 g/mol. The molecule has 0 aromatic rings. The molecule has 0 aromatic heterocycles. The molecule has 78 valence electrons. The number of hydrogen-bond donors (Lipinski definition) is 1. The lowest BCUT2D eigenvalue weighted by molar-refractivity contribution is 0.178. The first-order valence-corrected chi connectivity index (χ1v) is 5.52. The third kappa shape index (κ3) is 4.10. The van der Waals surface area contributed by atoms with Crippen LogP contribution >= 0.6 is 0 Å². The van der Waals surface area contributed by atoms with E-state index in [4.69, 9.17) is 5.73 Å². The SMILES string of the molecule is CC(C)CCN(C)CC1CC(N)C1. The highest BCUT2D eigenvalue weighted by Crippen LogP contribution is 2.26. The molecule has 0 amide bonds. The van der Waals surface area contributed by atoms with E-state index in [9.17, 15) is 0 Å². The molecule has 2 heteroatoms. The summed E-state index contributed by atoms with van der Waals surface area (Å²) in [6.07, 6.45) is 3.80. The van der Waals surface area contributed by atoms with E-state index in [1.807, 2.05) is 0 Å². The van der Waals surface area contributed by atoms with Gasteiger partial charge in [-0.25, -0.2) is 0 Å². The molecule has 0 spiro atoms. The van der Waals surface area contributed by atoms with Crippen LogP contribution in [0.1, 0.15) is 33.1 Å². The van der Waals surface area contributed by atoms with Gasteiger partial charge in [-0.05, 0) is 44.7 Å². The molecule has 0 radical (unpaired) electrons. The van der Waals surface area contributed by atoms with Crippen molar-refractivity contribution in [2.45, 2.75) is 39.2 Å². The number of nitrogens with zero attached hydrogens (tertiary/aromatic N) is 1. The van der Waals surface area contributed by atoms with Crippen LogP contribution in [-0.2, 0) is 0 Å². The van der Waals surface area contributed by atoms with Gasteiger partial charge >= 0.3 is 0 Å². The zero-order valence-electron chi connectivity index (χ0n) is 9.29. The highest BCUT2D eigenvalue weighted by molar-refractivity contribution is 4.83. The molecule has 2 N–H and O–H groups in total. The van der Waals surface area contributed by atoms with Gasteiger partial charge in [0.15, 0.2) is 0 Å². The second-order valence-corrected chi connectivity index (χ2v) is 5.04. The van der Waals surface area contributed by atoms with Crippen LogP contribution in [0.2, 0.25) is 0 Å². The van der Waals surface area contributed by atoms with Gasteiger partial charge < -0.3 is 10.6 Å². The van der Waals surface area contributed by atoms with E-state index in [1.165, 1.54) is 32.4 Å². The molecule has 0 atom stereocenters. The molecular weight excluding hydrogens is 160 g/mol. The van der Waals surface area contributed by atoms with Crippen LogP contribution in [0, 0.1) is 11.8 Å². The summed E-state index contributed by atoms with van der Waals surface area (Å²) >= 11 is 0. The molecule has 0 aliphatic heterocycles. The summed E-state index contributed by atoms with van der Waals surface area (Å²) in [6, 6.07) is 0.503. The van der Waals surface area contributed by atoms with Crippen molar-refractivity contribution in [2.75, 3.05) is 20.1 Å². The van der Waals surface area contributed by atoms with E-state index in [1.54, 1.807) is 0 Å². The van der Waals surface area contributed by atoms with Crippen molar-refractivity contribution in [1.29, 1.82) is 0 Å². The van der Waals surface area contributed by atoms with Crippen molar-refractivity contribution in [2.24, 2.45) is 17.6 Å². The first kappa shape index (κ1) is 11.0. The quantitative estimate of drug-likeness (QED) is 0.704. The lowest BCUT2D eigenvalue weighted by atomic mass is 9.80. The third-order valence-corrected chi connectivity index (χ3v) is 2.93. The van der Waals surface area contributed by atoms with Gasteiger partial charge in [-0.3, -0.25) is 0 Å². The van der Waals surface area contributed by atoms with Crippen molar-refractivity contribution in [3.63, 3.8) is 0 Å². The van der Waals surface area contributed by atoms with E-state index in [2.05, 4.69) is 25.8 Å². The minimum absolute atomic E-state index is 0.503. The fourth-order valence-electron chi connectivity index (χ4n) is 1.95. The maximum absolute atomic E-state index is 5.75. The summed E-state index contributed by atoms with van der Waals surface area (Å²) in [5.41, 5.74) is 5.75. The Kier molecular flexibility index (Phi) is 4.20. The van der Waals surface area contributed by atoms with Gasteiger partial charge in [0.05, 0.1) is 0 Å². The number of nitrogens with two attached hydrogens (primary N) is 1. The monoisotopic (exact) mass is 184 g/mol. The van der Waals surface area contributed by atoms with Crippen molar-refractivity contribution in [1.82, 2.24) is 4.90 Å². The Morgan fingerprint density at radius 1 is 1.38 bits per heavy atom. The largest absolute Gasteiger partial charge is 0.328 e. The third-order valence-electron chi connectivity index (χ3n) is 2.93. The fourth-order valence-corrected chi connectivity index (χ4v) is 1.95. The van der Waals surface area contributed by atoms with Gasteiger partial charge in [0.1, 0.15) is 0 Å². The molecule has 0 heterocycles. The summed E-state index contributed by atoms with van der Waals surface area (Å²) < 4.78 is 0. The predicted octanol–water partition coefficient (Wildman–Crippen LogP) is 1.70. The van der Waals surface area contributed by atoms with E-state index >= 15 is 0 Å². The summed E-state index contributed by atoms with van der Waals surface area (Å²) in [7, 11) is 2.23. The smallest absolute Gasteiger partial charge is 0.00450 e. The highest BCUT2D eigenvalue weighted by Gasteiger charge is 2.26. The second kappa shape index (κ2) is 4.97. The topological polar surface area (TPSA) is 29.3 Å². The van der Waals surface area contributed by atoms with Crippen LogP contribution < -0.4 is 5.73 Å². The minimum Gasteiger partial charge on any atom is -0.328 e. The fraction of sp³-hybridized carbons (Fsp3) is 1.00. The average Bonchev–Trinajstić information content (AvgIpc) is 1.98. The van der Waals surface area contributed by atoms with Crippen molar-refractivity contribution in [3.8, 4) is 0 Å². The van der Waals surface area contributed by atoms with Crippen LogP contribution in [0.25, 0.3) is 0 Å². The summed E-state index contributed by atoms with van der Waals surface area (Å²) in [5.74, 6) is 1.71. The van der Waals surface area contributed by atoms with Crippen LogP contribution in [0.3, 0.4) is 0 Å². The zero-order valence-corrected chi connectivity index (χ0v) is 9.29. The Morgan fingerprint density at radius 3 is 2.46 bits per heavy atom. The molecule has 0 aromatic carbocycles. The molecule has 1 saturated carbocycles. The van der Waals surface area contributed by atoms with Gasteiger partial charge in [-0.2, -0.15) is 0 Å². The van der Waals surface area contributed by atoms with Crippen LogP contribution in [-0.4, -0.2) is 31.1 Å². The molecule has 0 saturated heterocycles. The summed E-state index contributed by atoms with van der Waals surface area (Å²) in [5, 5.41) is 0. The minimum atomic E-state index is 0.503. The Labute approximate surface area is 82.5 Å². The maximum atomic E-state index is 5.75. The Bertz CT molecular complexity index is 139. The molecule has 0 bridgehead atoms. The molecule has 0 unspecified atom stereocenters. The van der Waals surface area contributed by atoms with Gasteiger partial charge in [0.2, 0.25) is 0 Å². The molecule has 13 heavy (non-hydrogen) atoms. The molecule has 1 aliphatic rings. The lowest BCUT2D eigenvalue weighted by Gasteiger charge is -2.35.